The molecule has 0 spiro atoms. The van der Waals surface area contributed by atoms with Crippen LogP contribution in [0.15, 0.2) is 57.0 Å². The van der Waals surface area contributed by atoms with Gasteiger partial charge in [-0.3, -0.25) is 0 Å². The first-order chi connectivity index (χ1) is 12.4. The summed E-state index contributed by atoms with van der Waals surface area (Å²) in [7, 11) is 0. The number of carbonyl (C=O) groups is 1. The van der Waals surface area contributed by atoms with E-state index >= 15 is 0 Å². The van der Waals surface area contributed by atoms with Gasteiger partial charge in [-0.2, -0.15) is 0 Å². The number of benzene rings is 2. The molecule has 0 saturated carbocycles. The predicted octanol–water partition coefficient (Wildman–Crippen LogP) is 4.33. The molecule has 3 aromatic rings. The number of carboxylic acid groups (broad SMARTS) is 1. The van der Waals surface area contributed by atoms with E-state index in [-0.39, 0.29) is 27.3 Å². The summed E-state index contributed by atoms with van der Waals surface area (Å²) in [6.07, 6.45) is 1.22. The fourth-order valence-electron chi connectivity index (χ4n) is 1.96. The van der Waals surface area contributed by atoms with Gasteiger partial charge in [0.25, 0.3) is 5.22 Å². The van der Waals surface area contributed by atoms with Crippen LogP contribution in [0.25, 0.3) is 17.5 Å². The largest absolute Gasteiger partial charge is 0.872 e. The van der Waals surface area contributed by atoms with Crippen molar-refractivity contribution in [1.29, 1.82) is 0 Å². The predicted molar refractivity (Wildman–Crippen MR) is 97.1 cm³/mol. The van der Waals surface area contributed by atoms with Gasteiger partial charge in [0.05, 0.1) is 0 Å². The molecule has 0 amide bonds. The molecule has 0 aliphatic heterocycles. The number of carboxylic acids is 1. The Hall–Kier alpha value is -2.48. The Kier molecular flexibility index (Phi) is 5.51. The van der Waals surface area contributed by atoms with Gasteiger partial charge in [0.2, 0.25) is 5.89 Å². The van der Waals surface area contributed by atoms with Crippen molar-refractivity contribution in [2.24, 2.45) is 0 Å². The molecular formula is C17H9Cl2N2O4S-. The number of rotatable bonds is 5. The van der Waals surface area contributed by atoms with Gasteiger partial charge in [-0.15, -0.1) is 15.9 Å². The quantitative estimate of drug-likeness (QED) is 0.495. The van der Waals surface area contributed by atoms with Crippen LogP contribution >= 0.6 is 35.0 Å². The highest BCUT2D eigenvalue weighted by Crippen LogP contribution is 2.32. The molecule has 0 aliphatic carbocycles. The van der Waals surface area contributed by atoms with Crippen molar-refractivity contribution >= 4 is 47.0 Å². The lowest BCUT2D eigenvalue weighted by Crippen LogP contribution is -1.99. The molecule has 0 aliphatic rings. The third-order valence-corrected chi connectivity index (χ3v) is 4.50. The molecule has 132 valence electrons. The number of halogens is 2. The summed E-state index contributed by atoms with van der Waals surface area (Å²) in [5.41, 5.74) is 0.797. The van der Waals surface area contributed by atoms with Crippen LogP contribution in [0.5, 0.6) is 5.75 Å². The van der Waals surface area contributed by atoms with Crippen LogP contribution < -0.4 is 5.11 Å². The van der Waals surface area contributed by atoms with E-state index in [9.17, 15) is 15.0 Å². The Labute approximate surface area is 162 Å². The Morgan fingerprint density at radius 2 is 1.81 bits per heavy atom. The SMILES string of the molecule is O=C(O)/C(=C/c1cc(Cl)ccc1[O-])Sc1nnc(-c2ccc(Cl)cc2)o1. The van der Waals surface area contributed by atoms with Crippen LogP contribution in [-0.4, -0.2) is 21.3 Å². The minimum atomic E-state index is -1.24. The Morgan fingerprint density at radius 1 is 1.12 bits per heavy atom. The van der Waals surface area contributed by atoms with Crippen molar-refractivity contribution < 1.29 is 19.4 Å². The van der Waals surface area contributed by atoms with Gasteiger partial charge in [-0.1, -0.05) is 29.3 Å². The molecule has 9 heteroatoms. The molecule has 0 fully saturated rings. The van der Waals surface area contributed by atoms with Crippen molar-refractivity contribution in [3.8, 4) is 17.2 Å². The zero-order valence-corrected chi connectivity index (χ0v) is 15.2. The summed E-state index contributed by atoms with van der Waals surface area (Å²) in [6, 6.07) is 10.8. The van der Waals surface area contributed by atoms with Crippen LogP contribution in [0.4, 0.5) is 0 Å². The van der Waals surface area contributed by atoms with E-state index in [2.05, 4.69) is 10.2 Å². The monoisotopic (exact) mass is 407 g/mol. The minimum Gasteiger partial charge on any atom is -0.872 e. The third-order valence-electron chi connectivity index (χ3n) is 3.16. The van der Waals surface area contributed by atoms with Gasteiger partial charge in [-0.05, 0) is 59.8 Å². The van der Waals surface area contributed by atoms with Crippen LogP contribution in [0.1, 0.15) is 5.56 Å². The van der Waals surface area contributed by atoms with E-state index in [0.29, 0.717) is 15.6 Å². The second-order valence-electron chi connectivity index (χ2n) is 4.98. The summed E-state index contributed by atoms with van der Waals surface area (Å²) in [4.78, 5) is 11.3. The summed E-state index contributed by atoms with van der Waals surface area (Å²) >= 11 is 12.4. The summed E-state index contributed by atoms with van der Waals surface area (Å²) < 4.78 is 5.47. The number of hydrogen-bond acceptors (Lipinski definition) is 6. The van der Waals surface area contributed by atoms with Crippen LogP contribution in [0.3, 0.4) is 0 Å². The van der Waals surface area contributed by atoms with Crippen molar-refractivity contribution in [2.75, 3.05) is 0 Å². The second kappa shape index (κ2) is 7.82. The second-order valence-corrected chi connectivity index (χ2v) is 6.84. The molecule has 0 saturated heterocycles. The highest BCUT2D eigenvalue weighted by atomic mass is 35.5. The lowest BCUT2D eigenvalue weighted by molar-refractivity contribution is -0.268. The molecule has 3 rings (SSSR count). The molecule has 2 aromatic carbocycles. The summed E-state index contributed by atoms with van der Waals surface area (Å²) in [5, 5.41) is 29.8. The number of aliphatic carboxylic acids is 1. The van der Waals surface area contributed by atoms with Gasteiger partial charge in [-0.25, -0.2) is 4.79 Å². The summed E-state index contributed by atoms with van der Waals surface area (Å²) in [5.74, 6) is -1.36. The zero-order chi connectivity index (χ0) is 18.7. The minimum absolute atomic E-state index is 0.0260. The zero-order valence-electron chi connectivity index (χ0n) is 12.8. The average molecular weight is 408 g/mol. The molecule has 6 nitrogen and oxygen atoms in total. The molecule has 0 radical (unpaired) electrons. The van der Waals surface area contributed by atoms with E-state index in [0.717, 1.165) is 11.8 Å². The maximum Gasteiger partial charge on any atom is 0.342 e. The molecule has 0 atom stereocenters. The lowest BCUT2D eigenvalue weighted by atomic mass is 10.2. The Bertz CT molecular complexity index is 987. The molecule has 1 N–H and O–H groups in total. The molecular weight excluding hydrogens is 399 g/mol. The van der Waals surface area contributed by atoms with E-state index < -0.39 is 5.97 Å². The average Bonchev–Trinajstić information content (AvgIpc) is 3.06. The van der Waals surface area contributed by atoms with E-state index in [1.54, 1.807) is 24.3 Å². The molecule has 0 bridgehead atoms. The smallest absolute Gasteiger partial charge is 0.342 e. The van der Waals surface area contributed by atoms with Gasteiger partial charge in [0.15, 0.2) is 0 Å². The maximum atomic E-state index is 11.8. The van der Waals surface area contributed by atoms with Gasteiger partial charge >= 0.3 is 5.97 Å². The van der Waals surface area contributed by atoms with Crippen molar-refractivity contribution in [2.45, 2.75) is 5.22 Å². The summed E-state index contributed by atoms with van der Waals surface area (Å²) in [6.45, 7) is 0. The van der Waals surface area contributed by atoms with E-state index in [1.165, 1.54) is 24.3 Å². The highest BCUT2D eigenvalue weighted by molar-refractivity contribution is 8.03. The molecule has 1 aromatic heterocycles. The fourth-order valence-corrected chi connectivity index (χ4v) is 2.93. The first kappa shape index (κ1) is 18.3. The number of thioether (sulfide) groups is 1. The first-order valence-corrected chi connectivity index (χ1v) is 8.68. The first-order valence-electron chi connectivity index (χ1n) is 7.11. The number of nitrogens with zero attached hydrogens (tertiary/aromatic N) is 2. The third kappa shape index (κ3) is 4.37. The lowest BCUT2D eigenvalue weighted by Gasteiger charge is -2.10. The highest BCUT2D eigenvalue weighted by Gasteiger charge is 2.16. The standard InChI is InChI=1S/C17H10Cl2N2O4S/c18-11-3-1-9(2-4-11)15-20-21-17(25-15)26-14(16(23)24)8-10-7-12(19)5-6-13(10)22/h1-8,22H,(H,23,24)/p-1/b14-8-. The van der Waals surface area contributed by atoms with Crippen molar-refractivity contribution in [3.63, 3.8) is 0 Å². The van der Waals surface area contributed by atoms with Crippen LogP contribution in [-0.2, 0) is 4.79 Å². The molecule has 1 heterocycles. The fraction of sp³-hybridized carbons (Fsp3) is 0. The Balaban J connectivity index is 1.87. The van der Waals surface area contributed by atoms with Crippen LogP contribution in [0, 0.1) is 0 Å². The number of aromatic nitrogens is 2. The topological polar surface area (TPSA) is 99.3 Å². The molecule has 26 heavy (non-hydrogen) atoms. The van der Waals surface area contributed by atoms with E-state index in [4.69, 9.17) is 27.6 Å². The van der Waals surface area contributed by atoms with Gasteiger partial charge in [0, 0.05) is 15.6 Å². The normalized spacial score (nSPS) is 11.5. The Morgan fingerprint density at radius 3 is 2.50 bits per heavy atom. The van der Waals surface area contributed by atoms with Gasteiger partial charge in [0.1, 0.15) is 4.91 Å². The van der Waals surface area contributed by atoms with Crippen molar-refractivity contribution in [1.82, 2.24) is 10.2 Å². The molecule has 0 unspecified atom stereocenters. The number of hydrogen-bond donors (Lipinski definition) is 1. The van der Waals surface area contributed by atoms with Crippen LogP contribution in [0.2, 0.25) is 10.0 Å². The van der Waals surface area contributed by atoms with Crippen molar-refractivity contribution in [3.05, 3.63) is 63.0 Å². The van der Waals surface area contributed by atoms with Gasteiger partial charge < -0.3 is 14.6 Å². The van der Waals surface area contributed by atoms with E-state index in [1.807, 2.05) is 0 Å². The maximum absolute atomic E-state index is 11.8.